The second kappa shape index (κ2) is 8.98. The quantitative estimate of drug-likeness (QED) is 0.638. The fourth-order valence-corrected chi connectivity index (χ4v) is 4.07. The van der Waals surface area contributed by atoms with E-state index in [4.69, 9.17) is 0 Å². The lowest BCUT2D eigenvalue weighted by Gasteiger charge is -2.21. The zero-order valence-corrected chi connectivity index (χ0v) is 15.7. The number of aliphatic hydroxyl groups excluding tert-OH is 1. The molecule has 0 spiro atoms. The number of carbonyl (C=O) groups excluding carboxylic acids is 1. The van der Waals surface area contributed by atoms with Gasteiger partial charge in [0.2, 0.25) is 5.91 Å². The van der Waals surface area contributed by atoms with Crippen LogP contribution in [0.1, 0.15) is 11.3 Å². The Bertz CT molecular complexity index is 924. The maximum absolute atomic E-state index is 12.5. The molecule has 6 nitrogen and oxygen atoms in total. The molecule has 2 heterocycles. The molecule has 3 rings (SSSR count). The Kier molecular flexibility index (Phi) is 6.43. The molecule has 26 heavy (non-hydrogen) atoms. The minimum atomic E-state index is -0.107. The second-order valence-electron chi connectivity index (χ2n) is 5.66. The summed E-state index contributed by atoms with van der Waals surface area (Å²) in [5.74, 6) is 0.730. The molecule has 1 aromatic carbocycles. The molecule has 0 radical (unpaired) electrons. The third kappa shape index (κ3) is 4.72. The van der Waals surface area contributed by atoms with Crippen LogP contribution in [0.25, 0.3) is 4.96 Å². The number of hydrogen-bond acceptors (Lipinski definition) is 6. The molecular formula is C18H19N3O3S2. The van der Waals surface area contributed by atoms with E-state index in [1.54, 1.807) is 11.1 Å². The number of thiazole rings is 1. The monoisotopic (exact) mass is 389 g/mol. The van der Waals surface area contributed by atoms with Crippen molar-refractivity contribution in [2.75, 3.05) is 18.9 Å². The van der Waals surface area contributed by atoms with E-state index in [-0.39, 0.29) is 23.8 Å². The Labute approximate surface area is 159 Å². The van der Waals surface area contributed by atoms with E-state index >= 15 is 0 Å². The van der Waals surface area contributed by atoms with Crippen molar-refractivity contribution in [3.8, 4) is 0 Å². The van der Waals surface area contributed by atoms with Crippen LogP contribution in [0.4, 0.5) is 0 Å². The molecule has 0 bridgehead atoms. The van der Waals surface area contributed by atoms with Gasteiger partial charge in [-0.25, -0.2) is 4.98 Å². The third-order valence-corrected chi connectivity index (χ3v) is 5.48. The lowest BCUT2D eigenvalue weighted by atomic mass is 10.2. The molecule has 0 aliphatic heterocycles. The van der Waals surface area contributed by atoms with Gasteiger partial charge in [0, 0.05) is 36.5 Å². The third-order valence-electron chi connectivity index (χ3n) is 3.77. The van der Waals surface area contributed by atoms with Crippen LogP contribution in [0.3, 0.4) is 0 Å². The van der Waals surface area contributed by atoms with Gasteiger partial charge in [-0.2, -0.15) is 0 Å². The lowest BCUT2D eigenvalue weighted by molar-refractivity contribution is -0.129. The van der Waals surface area contributed by atoms with Gasteiger partial charge in [0.05, 0.1) is 18.1 Å². The van der Waals surface area contributed by atoms with Gasteiger partial charge < -0.3 is 10.0 Å². The first-order valence-corrected chi connectivity index (χ1v) is 10.2. The minimum Gasteiger partial charge on any atom is -0.395 e. The van der Waals surface area contributed by atoms with Crippen LogP contribution < -0.4 is 5.56 Å². The van der Waals surface area contributed by atoms with Gasteiger partial charge in [-0.15, -0.1) is 23.1 Å². The van der Waals surface area contributed by atoms with Gasteiger partial charge in [0.15, 0.2) is 4.96 Å². The maximum Gasteiger partial charge on any atom is 0.258 e. The molecule has 8 heteroatoms. The van der Waals surface area contributed by atoms with Crippen molar-refractivity contribution in [3.63, 3.8) is 0 Å². The summed E-state index contributed by atoms with van der Waals surface area (Å²) < 4.78 is 1.51. The molecule has 0 atom stereocenters. The highest BCUT2D eigenvalue weighted by Crippen LogP contribution is 2.14. The first-order chi connectivity index (χ1) is 12.7. The second-order valence-corrected chi connectivity index (χ2v) is 7.52. The molecule has 2 aromatic heterocycles. The number of hydrogen-bond donors (Lipinski definition) is 1. The van der Waals surface area contributed by atoms with E-state index in [2.05, 4.69) is 4.98 Å². The summed E-state index contributed by atoms with van der Waals surface area (Å²) in [7, 11) is 0. The summed E-state index contributed by atoms with van der Waals surface area (Å²) in [6.45, 7) is 0.702. The van der Waals surface area contributed by atoms with E-state index < -0.39 is 0 Å². The molecule has 0 aliphatic rings. The zero-order valence-electron chi connectivity index (χ0n) is 14.1. The highest BCUT2D eigenvalue weighted by Gasteiger charge is 2.14. The molecule has 1 amide bonds. The molecule has 0 saturated carbocycles. The highest BCUT2D eigenvalue weighted by molar-refractivity contribution is 7.99. The predicted octanol–water partition coefficient (Wildman–Crippen LogP) is 2.01. The summed E-state index contributed by atoms with van der Waals surface area (Å²) in [5.41, 5.74) is 1.59. The van der Waals surface area contributed by atoms with E-state index in [1.165, 1.54) is 33.6 Å². The van der Waals surface area contributed by atoms with Crippen molar-refractivity contribution >= 4 is 34.0 Å². The topological polar surface area (TPSA) is 74.9 Å². The van der Waals surface area contributed by atoms with Crippen molar-refractivity contribution in [2.24, 2.45) is 0 Å². The SMILES string of the molecule is O=C(CSCc1cc(=O)n2ccsc2n1)N(CCO)Cc1ccccc1. The largest absolute Gasteiger partial charge is 0.395 e. The van der Waals surface area contributed by atoms with Crippen LogP contribution >= 0.6 is 23.1 Å². The van der Waals surface area contributed by atoms with Gasteiger partial charge in [-0.1, -0.05) is 30.3 Å². The van der Waals surface area contributed by atoms with E-state index in [1.807, 2.05) is 35.7 Å². The molecule has 3 aromatic rings. The number of thioether (sulfide) groups is 1. The standard InChI is InChI=1S/C18H19N3O3S2/c22-8-6-20(11-14-4-2-1-3-5-14)17(24)13-25-12-15-10-16(23)21-7-9-26-18(21)19-15/h1-5,7,9-10,22H,6,8,11-13H2. The van der Waals surface area contributed by atoms with Crippen molar-refractivity contribution in [1.82, 2.24) is 14.3 Å². The Morgan fingerprint density at radius 3 is 2.88 bits per heavy atom. The van der Waals surface area contributed by atoms with Gasteiger partial charge >= 0.3 is 0 Å². The summed E-state index contributed by atoms with van der Waals surface area (Å²) in [4.78, 5) is 31.2. The summed E-state index contributed by atoms with van der Waals surface area (Å²) in [6.07, 6.45) is 1.70. The fraction of sp³-hybridized carbons (Fsp3) is 0.278. The van der Waals surface area contributed by atoms with Crippen LogP contribution in [0, 0.1) is 0 Å². The van der Waals surface area contributed by atoms with E-state index in [9.17, 15) is 14.7 Å². The molecule has 0 saturated heterocycles. The molecule has 1 N–H and O–H groups in total. The molecule has 136 valence electrons. The first-order valence-electron chi connectivity index (χ1n) is 8.13. The minimum absolute atomic E-state index is 0.0400. The van der Waals surface area contributed by atoms with Crippen LogP contribution in [0.2, 0.25) is 0 Å². The molecule has 0 unspecified atom stereocenters. The lowest BCUT2D eigenvalue weighted by Crippen LogP contribution is -2.34. The van der Waals surface area contributed by atoms with Crippen molar-refractivity contribution in [1.29, 1.82) is 0 Å². The van der Waals surface area contributed by atoms with E-state index in [0.717, 1.165) is 5.56 Å². The summed E-state index contributed by atoms with van der Waals surface area (Å²) in [6, 6.07) is 11.2. The number of nitrogens with zero attached hydrogens (tertiary/aromatic N) is 3. The summed E-state index contributed by atoms with van der Waals surface area (Å²) >= 11 is 2.83. The Morgan fingerprint density at radius 2 is 2.12 bits per heavy atom. The van der Waals surface area contributed by atoms with Gasteiger partial charge in [-0.05, 0) is 5.56 Å². The van der Waals surface area contributed by atoms with Crippen molar-refractivity contribution < 1.29 is 9.90 Å². The number of carbonyl (C=O) groups is 1. The van der Waals surface area contributed by atoms with Crippen LogP contribution in [-0.4, -0.2) is 44.2 Å². The fourth-order valence-electron chi connectivity index (χ4n) is 2.51. The number of amides is 1. The summed E-state index contributed by atoms with van der Waals surface area (Å²) in [5, 5.41) is 11.1. The Balaban J connectivity index is 1.57. The number of aromatic nitrogens is 2. The van der Waals surface area contributed by atoms with Crippen LogP contribution in [-0.2, 0) is 17.1 Å². The van der Waals surface area contributed by atoms with Gasteiger partial charge in [0.1, 0.15) is 0 Å². The van der Waals surface area contributed by atoms with Crippen LogP contribution in [0.15, 0.2) is 52.8 Å². The average Bonchev–Trinajstić information content (AvgIpc) is 3.11. The number of fused-ring (bicyclic) bond motifs is 1. The Hall–Kier alpha value is -2.16. The smallest absolute Gasteiger partial charge is 0.258 e. The van der Waals surface area contributed by atoms with Gasteiger partial charge in [0.25, 0.3) is 5.56 Å². The maximum atomic E-state index is 12.5. The van der Waals surface area contributed by atoms with Crippen molar-refractivity contribution in [3.05, 3.63) is 69.6 Å². The predicted molar refractivity (Wildman–Crippen MR) is 104 cm³/mol. The number of benzene rings is 1. The number of rotatable bonds is 8. The highest BCUT2D eigenvalue weighted by atomic mass is 32.2. The first kappa shape index (κ1) is 18.6. The van der Waals surface area contributed by atoms with Crippen molar-refractivity contribution in [2.45, 2.75) is 12.3 Å². The van der Waals surface area contributed by atoms with E-state index in [0.29, 0.717) is 29.5 Å². The molecule has 0 aliphatic carbocycles. The molecular weight excluding hydrogens is 370 g/mol. The normalized spacial score (nSPS) is 11.0. The van der Waals surface area contributed by atoms with Gasteiger partial charge in [-0.3, -0.25) is 14.0 Å². The number of aliphatic hydroxyl groups is 1. The Morgan fingerprint density at radius 1 is 1.31 bits per heavy atom. The zero-order chi connectivity index (χ0) is 18.4. The molecule has 0 fully saturated rings. The average molecular weight is 390 g/mol. The van der Waals surface area contributed by atoms with Crippen LogP contribution in [0.5, 0.6) is 0 Å².